The van der Waals surface area contributed by atoms with Gasteiger partial charge in [-0.15, -0.1) is 4.91 Å². The number of nitrogens with one attached hydrogen (secondary N) is 1. The van der Waals surface area contributed by atoms with Crippen molar-refractivity contribution in [3.63, 3.8) is 0 Å². The Balaban J connectivity index is 2.90. The first-order chi connectivity index (χ1) is 5.69. The van der Waals surface area contributed by atoms with Crippen LogP contribution in [0.4, 0.5) is 0 Å². The van der Waals surface area contributed by atoms with Crippen molar-refractivity contribution in [1.82, 2.24) is 5.32 Å². The molecule has 1 atom stereocenters. The fourth-order valence-corrected chi connectivity index (χ4v) is 0.665. The van der Waals surface area contributed by atoms with E-state index in [1.54, 1.807) is 0 Å². The summed E-state index contributed by atoms with van der Waals surface area (Å²) in [7, 11) is 1.24. The number of amides is 2. The molecule has 1 aliphatic heterocycles. The van der Waals surface area contributed by atoms with Gasteiger partial charge in [0.05, 0.1) is 7.11 Å². The van der Waals surface area contributed by atoms with Crippen LogP contribution in [0, 0.1) is 4.91 Å². The maximum Gasteiger partial charge on any atom is 0.299 e. The number of amidine groups is 1. The Hall–Kier alpha value is -1.79. The monoisotopic (exact) mass is 171 g/mol. The molecule has 0 aromatic carbocycles. The third-order valence-corrected chi connectivity index (χ3v) is 1.22. The number of hydrogen-bond acceptors (Lipinski definition) is 5. The van der Waals surface area contributed by atoms with E-state index in [9.17, 15) is 14.5 Å². The Labute approximate surface area is 66.8 Å². The van der Waals surface area contributed by atoms with E-state index < -0.39 is 17.9 Å². The minimum atomic E-state index is -1.58. The zero-order valence-electron chi connectivity index (χ0n) is 6.10. The number of nitroso groups, excluding NO2 is 1. The molecule has 0 bridgehead atoms. The van der Waals surface area contributed by atoms with Crippen LogP contribution in [0.25, 0.3) is 0 Å². The average molecular weight is 171 g/mol. The number of ether oxygens (including phenoxy) is 1. The van der Waals surface area contributed by atoms with Crippen LogP contribution in [-0.4, -0.2) is 31.0 Å². The molecule has 7 heteroatoms. The van der Waals surface area contributed by atoms with Crippen LogP contribution >= 0.6 is 0 Å². The highest BCUT2D eigenvalue weighted by molar-refractivity contribution is 6.16. The van der Waals surface area contributed by atoms with Gasteiger partial charge in [-0.05, 0) is 5.18 Å². The van der Waals surface area contributed by atoms with E-state index in [0.717, 1.165) is 0 Å². The van der Waals surface area contributed by atoms with Gasteiger partial charge in [-0.2, -0.15) is 4.99 Å². The van der Waals surface area contributed by atoms with Crippen molar-refractivity contribution in [1.29, 1.82) is 0 Å². The molecule has 0 saturated carbocycles. The SMILES string of the molecule is COC1=NC(=O)C(N=O)C(=O)N1. The number of aliphatic imine (C=N–C) groups is 1. The molecule has 12 heavy (non-hydrogen) atoms. The largest absolute Gasteiger partial charge is 0.468 e. The molecular formula is C5H5N3O4. The van der Waals surface area contributed by atoms with Crippen molar-refractivity contribution in [2.45, 2.75) is 6.04 Å². The molecule has 0 fully saturated rings. The normalized spacial score (nSPS) is 22.8. The van der Waals surface area contributed by atoms with E-state index in [1.807, 2.05) is 0 Å². The highest BCUT2D eigenvalue weighted by Gasteiger charge is 2.33. The van der Waals surface area contributed by atoms with Gasteiger partial charge in [-0.1, -0.05) is 0 Å². The van der Waals surface area contributed by atoms with Crippen LogP contribution in [0.15, 0.2) is 10.2 Å². The molecule has 0 spiro atoms. The van der Waals surface area contributed by atoms with Gasteiger partial charge >= 0.3 is 0 Å². The number of hydrogen-bond donors (Lipinski definition) is 1. The highest BCUT2D eigenvalue weighted by atomic mass is 16.5. The van der Waals surface area contributed by atoms with Gasteiger partial charge < -0.3 is 4.74 Å². The Morgan fingerprint density at radius 1 is 1.58 bits per heavy atom. The summed E-state index contributed by atoms with van der Waals surface area (Å²) in [5.41, 5.74) is 0. The standard InChI is InChI=1S/C5H5N3O4/c1-12-5-6-3(9)2(8-11)4(10)7-5/h2H,1H3,(H,6,7,9,10). The quantitative estimate of drug-likeness (QED) is 0.395. The van der Waals surface area contributed by atoms with Crippen molar-refractivity contribution in [3.05, 3.63) is 4.91 Å². The Bertz CT molecular complexity index is 272. The minimum absolute atomic E-state index is 0.218. The lowest BCUT2D eigenvalue weighted by atomic mass is 10.2. The highest BCUT2D eigenvalue weighted by Crippen LogP contribution is 2.00. The van der Waals surface area contributed by atoms with E-state index in [1.165, 1.54) is 7.11 Å². The molecule has 1 rings (SSSR count). The van der Waals surface area contributed by atoms with Gasteiger partial charge in [0, 0.05) is 0 Å². The van der Waals surface area contributed by atoms with Crippen molar-refractivity contribution < 1.29 is 14.3 Å². The van der Waals surface area contributed by atoms with Gasteiger partial charge in [0.25, 0.3) is 23.9 Å². The van der Waals surface area contributed by atoms with Crippen LogP contribution in [0.1, 0.15) is 0 Å². The molecular weight excluding hydrogens is 166 g/mol. The summed E-state index contributed by atoms with van der Waals surface area (Å²) in [6.07, 6.45) is 0. The second kappa shape index (κ2) is 3.07. The molecule has 1 N–H and O–H groups in total. The summed E-state index contributed by atoms with van der Waals surface area (Å²) in [6.45, 7) is 0. The van der Waals surface area contributed by atoms with Gasteiger partial charge in [0.15, 0.2) is 0 Å². The summed E-state index contributed by atoms with van der Waals surface area (Å²) in [4.78, 5) is 34.8. The van der Waals surface area contributed by atoms with E-state index >= 15 is 0 Å². The van der Waals surface area contributed by atoms with Crippen molar-refractivity contribution in [2.75, 3.05) is 7.11 Å². The number of carbonyl (C=O) groups is 2. The zero-order chi connectivity index (χ0) is 9.14. The molecule has 0 aliphatic carbocycles. The molecule has 64 valence electrons. The van der Waals surface area contributed by atoms with E-state index in [-0.39, 0.29) is 6.02 Å². The summed E-state index contributed by atoms with van der Waals surface area (Å²) >= 11 is 0. The van der Waals surface area contributed by atoms with Gasteiger partial charge in [0.2, 0.25) is 0 Å². The predicted molar refractivity (Wildman–Crippen MR) is 37.2 cm³/mol. The van der Waals surface area contributed by atoms with E-state index in [4.69, 9.17) is 0 Å². The molecule has 1 aliphatic rings. The van der Waals surface area contributed by atoms with Crippen molar-refractivity contribution in [3.8, 4) is 0 Å². The Kier molecular flexibility index (Phi) is 2.13. The number of nitrogens with zero attached hydrogens (tertiary/aromatic N) is 2. The van der Waals surface area contributed by atoms with Gasteiger partial charge in [-0.3, -0.25) is 14.9 Å². The maximum atomic E-state index is 10.8. The first-order valence-corrected chi connectivity index (χ1v) is 2.99. The molecule has 0 aromatic rings. The molecule has 7 nitrogen and oxygen atoms in total. The topological polar surface area (TPSA) is 97.2 Å². The van der Waals surface area contributed by atoms with Crippen LogP contribution < -0.4 is 5.32 Å². The number of carbonyl (C=O) groups excluding carboxylic acids is 2. The van der Waals surface area contributed by atoms with Gasteiger partial charge in [0.1, 0.15) is 0 Å². The molecule has 0 aromatic heterocycles. The smallest absolute Gasteiger partial charge is 0.299 e. The fourth-order valence-electron chi connectivity index (χ4n) is 0.665. The summed E-state index contributed by atoms with van der Waals surface area (Å²) < 4.78 is 4.48. The summed E-state index contributed by atoms with van der Waals surface area (Å²) in [5.74, 6) is -1.73. The van der Waals surface area contributed by atoms with Crippen LogP contribution in [0.5, 0.6) is 0 Å². The second-order valence-electron chi connectivity index (χ2n) is 1.96. The van der Waals surface area contributed by atoms with Crippen molar-refractivity contribution in [2.24, 2.45) is 10.2 Å². The minimum Gasteiger partial charge on any atom is -0.468 e. The molecule has 0 saturated heterocycles. The lowest BCUT2D eigenvalue weighted by molar-refractivity contribution is -0.129. The lowest BCUT2D eigenvalue weighted by Gasteiger charge is -2.13. The average Bonchev–Trinajstić information content (AvgIpc) is 2.03. The number of rotatable bonds is 1. The number of methoxy groups -OCH3 is 1. The summed E-state index contributed by atoms with van der Waals surface area (Å²) in [6, 6.07) is -1.80. The summed E-state index contributed by atoms with van der Waals surface area (Å²) in [5, 5.41) is 4.38. The Morgan fingerprint density at radius 3 is 2.67 bits per heavy atom. The fraction of sp³-hybridized carbons (Fsp3) is 0.400. The van der Waals surface area contributed by atoms with E-state index in [0.29, 0.717) is 0 Å². The van der Waals surface area contributed by atoms with Crippen molar-refractivity contribution >= 4 is 17.8 Å². The third-order valence-electron chi connectivity index (χ3n) is 1.22. The predicted octanol–water partition coefficient (Wildman–Crippen LogP) is -1.22. The molecule has 1 unspecified atom stereocenters. The van der Waals surface area contributed by atoms with Gasteiger partial charge in [-0.25, -0.2) is 0 Å². The molecule has 1 heterocycles. The first kappa shape index (κ1) is 8.31. The third kappa shape index (κ3) is 1.29. The molecule has 0 radical (unpaired) electrons. The lowest BCUT2D eigenvalue weighted by Crippen LogP contribution is -2.46. The second-order valence-corrected chi connectivity index (χ2v) is 1.96. The van der Waals surface area contributed by atoms with Crippen LogP contribution in [0.2, 0.25) is 0 Å². The Morgan fingerprint density at radius 2 is 2.25 bits per heavy atom. The van der Waals surface area contributed by atoms with E-state index in [2.05, 4.69) is 20.2 Å². The van der Waals surface area contributed by atoms with Crippen LogP contribution in [0.3, 0.4) is 0 Å². The van der Waals surface area contributed by atoms with Crippen LogP contribution in [-0.2, 0) is 14.3 Å². The molecule has 2 amide bonds. The first-order valence-electron chi connectivity index (χ1n) is 2.99. The zero-order valence-corrected chi connectivity index (χ0v) is 6.10. The maximum absolute atomic E-state index is 10.8.